The first kappa shape index (κ1) is 39.8. The molecule has 0 amide bonds. The van der Waals surface area contributed by atoms with Gasteiger partial charge in [0.15, 0.2) is 0 Å². The lowest BCUT2D eigenvalue weighted by Gasteiger charge is -2.42. The Morgan fingerprint density at radius 1 is 0.397 bits per heavy atom. The molecule has 5 heteroatoms. The van der Waals surface area contributed by atoms with Crippen LogP contribution in [0.3, 0.4) is 0 Å². The van der Waals surface area contributed by atoms with E-state index in [2.05, 4.69) is 223 Å². The molecule has 0 atom stereocenters. The molecule has 13 rings (SSSR count). The molecule has 0 saturated heterocycles. The second-order valence-corrected chi connectivity index (χ2v) is 17.9. The Hall–Kier alpha value is -8.54. The third-order valence-electron chi connectivity index (χ3n) is 14.4. The fourth-order valence-corrected chi connectivity index (χ4v) is 11.4. The molecule has 10 aromatic rings. The van der Waals surface area contributed by atoms with Crippen LogP contribution >= 0.6 is 0 Å². The van der Waals surface area contributed by atoms with Crippen molar-refractivity contribution >= 4 is 40.2 Å². The van der Waals surface area contributed by atoms with E-state index in [1.807, 2.05) is 12.1 Å². The van der Waals surface area contributed by atoms with Crippen LogP contribution in [0.1, 0.15) is 22.3 Å². The highest BCUT2D eigenvalue weighted by atomic mass is 16.5. The summed E-state index contributed by atoms with van der Waals surface area (Å²) in [6, 6.07) is 83.7. The molecule has 3 aliphatic rings. The van der Waals surface area contributed by atoms with Gasteiger partial charge >= 0.3 is 0 Å². The SMILES string of the molecule is COc1cccc(-c2ccc3c(c2)B2c4cc(-c5cccc(OC)c5)ccc4N(c4ccc(-c5ccccc5)cc4)c4cc(C5(c6ccccc6)c6ccccc6-c6ccccc65)cc(c42)O3)c1. The molecule has 0 radical (unpaired) electrons. The molecule has 1 aliphatic carbocycles. The smallest absolute Gasteiger partial charge is 0.256 e. The van der Waals surface area contributed by atoms with Crippen LogP contribution in [0.25, 0.3) is 44.5 Å². The minimum absolute atomic E-state index is 0.167. The summed E-state index contributed by atoms with van der Waals surface area (Å²) >= 11 is 0. The summed E-state index contributed by atoms with van der Waals surface area (Å²) in [5.41, 5.74) is 20.2. The van der Waals surface area contributed by atoms with Gasteiger partial charge in [0, 0.05) is 17.1 Å². The number of ether oxygens (including phenoxy) is 3. The molecule has 0 spiro atoms. The molecule has 2 aliphatic heterocycles. The summed E-state index contributed by atoms with van der Waals surface area (Å²) < 4.78 is 18.8. The topological polar surface area (TPSA) is 30.9 Å². The molecular formula is C63H44BNO3. The minimum atomic E-state index is -0.644. The van der Waals surface area contributed by atoms with Gasteiger partial charge in [-0.1, -0.05) is 170 Å². The van der Waals surface area contributed by atoms with Crippen LogP contribution in [0.15, 0.2) is 231 Å². The van der Waals surface area contributed by atoms with Crippen molar-refractivity contribution in [3.8, 4) is 67.5 Å². The van der Waals surface area contributed by atoms with Gasteiger partial charge in [-0.25, -0.2) is 0 Å². The van der Waals surface area contributed by atoms with Gasteiger partial charge in [0.25, 0.3) is 6.71 Å². The second-order valence-electron chi connectivity index (χ2n) is 17.9. The van der Waals surface area contributed by atoms with Gasteiger partial charge in [0.1, 0.15) is 23.0 Å². The third-order valence-corrected chi connectivity index (χ3v) is 14.4. The van der Waals surface area contributed by atoms with E-state index in [1.165, 1.54) is 38.8 Å². The zero-order valence-electron chi connectivity index (χ0n) is 37.7. The molecule has 10 aromatic carbocycles. The zero-order valence-corrected chi connectivity index (χ0v) is 37.7. The van der Waals surface area contributed by atoms with Gasteiger partial charge in [0.2, 0.25) is 0 Å². The van der Waals surface area contributed by atoms with Crippen molar-refractivity contribution < 1.29 is 14.2 Å². The van der Waals surface area contributed by atoms with Crippen LogP contribution in [-0.4, -0.2) is 20.9 Å². The van der Waals surface area contributed by atoms with Crippen molar-refractivity contribution in [2.45, 2.75) is 5.41 Å². The fourth-order valence-electron chi connectivity index (χ4n) is 11.4. The number of nitrogens with zero attached hydrogens (tertiary/aromatic N) is 1. The highest BCUT2D eigenvalue weighted by Gasteiger charge is 2.49. The number of fused-ring (bicyclic) bond motifs is 7. The molecule has 322 valence electrons. The van der Waals surface area contributed by atoms with Gasteiger partial charge in [-0.05, 0) is 144 Å². The largest absolute Gasteiger partial charge is 0.497 e. The number of hydrogen-bond acceptors (Lipinski definition) is 4. The van der Waals surface area contributed by atoms with Crippen LogP contribution in [0.2, 0.25) is 0 Å². The van der Waals surface area contributed by atoms with Crippen molar-refractivity contribution in [3.05, 3.63) is 253 Å². The van der Waals surface area contributed by atoms with E-state index < -0.39 is 5.41 Å². The molecule has 4 nitrogen and oxygen atoms in total. The number of anilines is 3. The molecule has 0 saturated carbocycles. The number of methoxy groups -OCH3 is 2. The van der Waals surface area contributed by atoms with Crippen molar-refractivity contribution in [1.82, 2.24) is 0 Å². The summed E-state index contributed by atoms with van der Waals surface area (Å²) in [7, 11) is 3.44. The number of benzene rings is 10. The summed E-state index contributed by atoms with van der Waals surface area (Å²) in [5, 5.41) is 0. The zero-order chi connectivity index (χ0) is 45.3. The maximum absolute atomic E-state index is 7.37. The number of hydrogen-bond donors (Lipinski definition) is 0. The fraction of sp³-hybridized carbons (Fsp3) is 0.0476. The quantitative estimate of drug-likeness (QED) is 0.142. The summed E-state index contributed by atoms with van der Waals surface area (Å²) in [5.74, 6) is 3.34. The van der Waals surface area contributed by atoms with Gasteiger partial charge in [-0.2, -0.15) is 0 Å². The Kier molecular flexibility index (Phi) is 9.26. The molecular weight excluding hydrogens is 830 g/mol. The Bertz CT molecular complexity index is 3540. The molecule has 0 fully saturated rings. The van der Waals surface area contributed by atoms with Gasteiger partial charge < -0.3 is 19.1 Å². The van der Waals surface area contributed by atoms with E-state index in [0.717, 1.165) is 84.4 Å². The van der Waals surface area contributed by atoms with E-state index in [1.54, 1.807) is 14.2 Å². The molecule has 0 bridgehead atoms. The first-order valence-electron chi connectivity index (χ1n) is 23.2. The molecule has 68 heavy (non-hydrogen) atoms. The van der Waals surface area contributed by atoms with Crippen molar-refractivity contribution in [2.24, 2.45) is 0 Å². The van der Waals surface area contributed by atoms with Crippen LogP contribution < -0.4 is 35.5 Å². The van der Waals surface area contributed by atoms with Crippen LogP contribution in [-0.2, 0) is 5.41 Å². The lowest BCUT2D eigenvalue weighted by Crippen LogP contribution is -2.59. The first-order valence-corrected chi connectivity index (χ1v) is 23.2. The van der Waals surface area contributed by atoms with E-state index >= 15 is 0 Å². The maximum Gasteiger partial charge on any atom is 0.256 e. The van der Waals surface area contributed by atoms with Gasteiger partial charge in [0.05, 0.1) is 19.6 Å². The average Bonchev–Trinajstić information content (AvgIpc) is 3.72. The highest BCUT2D eigenvalue weighted by molar-refractivity contribution is 6.99. The van der Waals surface area contributed by atoms with Crippen molar-refractivity contribution in [2.75, 3.05) is 19.1 Å². The summed E-state index contributed by atoms with van der Waals surface area (Å²) in [6.45, 7) is -0.167. The van der Waals surface area contributed by atoms with E-state index in [0.29, 0.717) is 0 Å². The molecule has 0 aromatic heterocycles. The third kappa shape index (κ3) is 6.09. The Balaban J connectivity index is 1.11. The van der Waals surface area contributed by atoms with Gasteiger partial charge in [-0.15, -0.1) is 0 Å². The number of rotatable bonds is 8. The van der Waals surface area contributed by atoms with Crippen LogP contribution in [0, 0.1) is 0 Å². The minimum Gasteiger partial charge on any atom is -0.497 e. The summed E-state index contributed by atoms with van der Waals surface area (Å²) in [6.07, 6.45) is 0. The monoisotopic (exact) mass is 873 g/mol. The summed E-state index contributed by atoms with van der Waals surface area (Å²) in [4.78, 5) is 2.48. The van der Waals surface area contributed by atoms with Crippen LogP contribution in [0.4, 0.5) is 17.1 Å². The maximum atomic E-state index is 7.37. The van der Waals surface area contributed by atoms with Crippen molar-refractivity contribution in [1.29, 1.82) is 0 Å². The van der Waals surface area contributed by atoms with E-state index in [4.69, 9.17) is 14.2 Å². The van der Waals surface area contributed by atoms with E-state index in [9.17, 15) is 0 Å². The predicted octanol–water partition coefficient (Wildman–Crippen LogP) is 13.5. The Morgan fingerprint density at radius 3 is 1.57 bits per heavy atom. The second kappa shape index (κ2) is 15.8. The van der Waals surface area contributed by atoms with Crippen molar-refractivity contribution in [3.63, 3.8) is 0 Å². The normalized spacial score (nSPS) is 13.3. The molecule has 0 unspecified atom stereocenters. The predicted molar refractivity (Wildman–Crippen MR) is 279 cm³/mol. The van der Waals surface area contributed by atoms with Gasteiger partial charge in [-0.3, -0.25) is 0 Å². The highest BCUT2D eigenvalue weighted by Crippen LogP contribution is 2.57. The Morgan fingerprint density at radius 2 is 0.926 bits per heavy atom. The average molecular weight is 874 g/mol. The first-order chi connectivity index (χ1) is 33.6. The molecule has 2 heterocycles. The Labute approximate surface area is 397 Å². The standard InChI is InChI=1S/C63H44BNO3/c1-66-50-21-13-17-43(35-50)45-29-33-58-56(37-45)64-57-38-46(44-18-14-22-51(36-44)67-2)30-34-60(57)68-61-40-48(39-59(62(61)64)65(58)49-31-27-42(28-32-49)41-15-5-3-6-16-41)63(47-19-7-4-8-20-47)54-25-11-9-23-52(54)53-24-10-12-26-55(53)63/h3-40H,1-2H3. The lowest BCUT2D eigenvalue weighted by molar-refractivity contribution is 0.415. The van der Waals surface area contributed by atoms with Crippen LogP contribution in [0.5, 0.6) is 23.0 Å². The molecule has 0 N–H and O–H groups in total. The van der Waals surface area contributed by atoms with E-state index in [-0.39, 0.29) is 6.71 Å². The lowest BCUT2D eigenvalue weighted by atomic mass is 9.34.